The first-order valence-corrected chi connectivity index (χ1v) is 14.9. The number of hydrogen-bond donors (Lipinski definition) is 2. The first-order valence-electron chi connectivity index (χ1n) is 13.3. The molecular formula is C31H37N3O4S. The maximum absolute atomic E-state index is 13.0. The zero-order valence-corrected chi connectivity index (χ0v) is 23.8. The minimum atomic E-state index is -3.45. The average molecular weight is 548 g/mol. The number of nitrogens with one attached hydrogen (secondary N) is 2. The Hall–Kier alpha value is -3.49. The Balaban J connectivity index is 1.31. The molecule has 1 aliphatic heterocycles. The zero-order valence-electron chi connectivity index (χ0n) is 23.0. The molecule has 1 aliphatic rings. The summed E-state index contributed by atoms with van der Waals surface area (Å²) in [7, 11) is -3.45. The van der Waals surface area contributed by atoms with Crippen molar-refractivity contribution in [3.63, 3.8) is 0 Å². The molecule has 0 aliphatic carbocycles. The van der Waals surface area contributed by atoms with Crippen molar-refractivity contribution >= 4 is 33.2 Å². The van der Waals surface area contributed by atoms with Gasteiger partial charge in [0.15, 0.2) is 0 Å². The molecule has 3 aromatic rings. The third-order valence-corrected chi connectivity index (χ3v) is 8.90. The predicted molar refractivity (Wildman–Crippen MR) is 156 cm³/mol. The number of carbonyl (C=O) groups excluding carboxylic acids is 2. The summed E-state index contributed by atoms with van der Waals surface area (Å²) >= 11 is 0. The van der Waals surface area contributed by atoms with Crippen LogP contribution in [0.2, 0.25) is 0 Å². The van der Waals surface area contributed by atoms with Gasteiger partial charge in [-0.1, -0.05) is 68.8 Å². The molecule has 1 heterocycles. The number of rotatable bonds is 7. The van der Waals surface area contributed by atoms with Crippen LogP contribution in [-0.2, 0) is 26.0 Å². The molecule has 206 valence electrons. The SMILES string of the molecule is Cc1cccc(CS(=O)(=O)N2CCC(C(=O)Nc3cccc(NC(=O)c4ccc(C(C)(C)C)cc4)c3)CC2)c1. The number of sulfonamides is 1. The number of hydrogen-bond acceptors (Lipinski definition) is 4. The van der Waals surface area contributed by atoms with Crippen LogP contribution in [0.1, 0.15) is 60.7 Å². The maximum Gasteiger partial charge on any atom is 0.255 e. The van der Waals surface area contributed by atoms with E-state index in [1.165, 1.54) is 4.31 Å². The van der Waals surface area contributed by atoms with Crippen LogP contribution in [0.15, 0.2) is 72.8 Å². The van der Waals surface area contributed by atoms with Crippen LogP contribution in [0.4, 0.5) is 11.4 Å². The van der Waals surface area contributed by atoms with Crippen LogP contribution >= 0.6 is 0 Å². The molecule has 0 spiro atoms. The van der Waals surface area contributed by atoms with Gasteiger partial charge in [-0.25, -0.2) is 12.7 Å². The Morgan fingerprint density at radius 3 is 2.10 bits per heavy atom. The van der Waals surface area contributed by atoms with Crippen LogP contribution in [0.25, 0.3) is 0 Å². The third kappa shape index (κ3) is 7.55. The number of piperidine rings is 1. The highest BCUT2D eigenvalue weighted by Crippen LogP contribution is 2.25. The number of amides is 2. The molecule has 0 saturated carbocycles. The van der Waals surface area contributed by atoms with Crippen LogP contribution in [-0.4, -0.2) is 37.6 Å². The van der Waals surface area contributed by atoms with Crippen molar-refractivity contribution in [1.82, 2.24) is 4.31 Å². The van der Waals surface area contributed by atoms with Crippen LogP contribution in [0, 0.1) is 12.8 Å². The van der Waals surface area contributed by atoms with Crippen molar-refractivity contribution in [2.45, 2.75) is 51.7 Å². The highest BCUT2D eigenvalue weighted by atomic mass is 32.2. The van der Waals surface area contributed by atoms with E-state index in [1.54, 1.807) is 24.3 Å². The third-order valence-electron chi connectivity index (χ3n) is 7.05. The molecule has 39 heavy (non-hydrogen) atoms. The molecule has 0 unspecified atom stereocenters. The average Bonchev–Trinajstić information content (AvgIpc) is 2.88. The Bertz CT molecular complexity index is 1440. The summed E-state index contributed by atoms with van der Waals surface area (Å²) in [5.74, 6) is -0.690. The van der Waals surface area contributed by atoms with E-state index in [0.717, 1.165) is 16.7 Å². The molecule has 4 rings (SSSR count). The molecule has 3 aromatic carbocycles. The summed E-state index contributed by atoms with van der Waals surface area (Å²) in [6, 6.07) is 22.1. The first-order chi connectivity index (χ1) is 18.4. The molecule has 2 N–H and O–H groups in total. The van der Waals surface area contributed by atoms with E-state index in [0.29, 0.717) is 42.9 Å². The molecule has 0 atom stereocenters. The van der Waals surface area contributed by atoms with E-state index in [2.05, 4.69) is 31.4 Å². The minimum Gasteiger partial charge on any atom is -0.326 e. The van der Waals surface area contributed by atoms with Crippen molar-refractivity contribution in [2.24, 2.45) is 5.92 Å². The maximum atomic E-state index is 13.0. The Morgan fingerprint density at radius 1 is 0.872 bits per heavy atom. The minimum absolute atomic E-state index is 0.00772. The lowest BCUT2D eigenvalue weighted by Gasteiger charge is -2.30. The van der Waals surface area contributed by atoms with E-state index >= 15 is 0 Å². The zero-order chi connectivity index (χ0) is 28.2. The number of carbonyl (C=O) groups is 2. The monoisotopic (exact) mass is 547 g/mol. The van der Waals surface area contributed by atoms with Gasteiger partial charge in [0, 0.05) is 35.9 Å². The largest absolute Gasteiger partial charge is 0.326 e. The van der Waals surface area contributed by atoms with E-state index in [4.69, 9.17) is 0 Å². The second kappa shape index (κ2) is 11.7. The second-order valence-corrected chi connectivity index (χ2v) is 13.2. The highest BCUT2D eigenvalue weighted by molar-refractivity contribution is 7.88. The number of nitrogens with zero attached hydrogens (tertiary/aromatic N) is 1. The van der Waals surface area contributed by atoms with Crippen LogP contribution in [0.5, 0.6) is 0 Å². The normalized spacial score (nSPS) is 15.1. The van der Waals surface area contributed by atoms with Crippen molar-refractivity contribution < 1.29 is 18.0 Å². The summed E-state index contributed by atoms with van der Waals surface area (Å²) < 4.78 is 27.3. The molecule has 7 nitrogen and oxygen atoms in total. The first kappa shape index (κ1) is 28.5. The van der Waals surface area contributed by atoms with E-state index in [9.17, 15) is 18.0 Å². The Kier molecular flexibility index (Phi) is 8.57. The lowest BCUT2D eigenvalue weighted by molar-refractivity contribution is -0.120. The smallest absolute Gasteiger partial charge is 0.255 e. The van der Waals surface area contributed by atoms with Crippen LogP contribution in [0.3, 0.4) is 0 Å². The van der Waals surface area contributed by atoms with Gasteiger partial charge >= 0.3 is 0 Å². The summed E-state index contributed by atoms with van der Waals surface area (Å²) in [4.78, 5) is 25.7. The topological polar surface area (TPSA) is 95.6 Å². The fourth-order valence-corrected chi connectivity index (χ4v) is 6.29. The number of anilines is 2. The molecule has 8 heteroatoms. The summed E-state index contributed by atoms with van der Waals surface area (Å²) in [6.45, 7) is 8.95. The van der Waals surface area contributed by atoms with Gasteiger partial charge in [-0.05, 0) is 66.6 Å². The van der Waals surface area contributed by atoms with Gasteiger partial charge in [0.25, 0.3) is 5.91 Å². The van der Waals surface area contributed by atoms with Crippen molar-refractivity contribution in [1.29, 1.82) is 0 Å². The molecular weight excluding hydrogens is 510 g/mol. The van der Waals surface area contributed by atoms with Crippen molar-refractivity contribution in [3.05, 3.63) is 95.1 Å². The van der Waals surface area contributed by atoms with Gasteiger partial charge < -0.3 is 10.6 Å². The molecule has 0 radical (unpaired) electrons. The van der Waals surface area contributed by atoms with E-state index < -0.39 is 10.0 Å². The Morgan fingerprint density at radius 2 is 1.49 bits per heavy atom. The van der Waals surface area contributed by atoms with E-state index in [-0.39, 0.29) is 28.9 Å². The highest BCUT2D eigenvalue weighted by Gasteiger charge is 2.31. The van der Waals surface area contributed by atoms with E-state index in [1.807, 2.05) is 55.5 Å². The number of benzene rings is 3. The molecule has 0 aromatic heterocycles. The lowest BCUT2D eigenvalue weighted by atomic mass is 9.87. The standard InChI is InChI=1S/C31H37N3O4S/c1-22-7-5-8-23(19-22)21-39(37,38)34-17-15-25(16-18-34)30(36)33-28-10-6-9-27(20-28)32-29(35)24-11-13-26(14-12-24)31(2,3)4/h5-14,19-20,25H,15-18,21H2,1-4H3,(H,32,35)(H,33,36). The molecule has 0 bridgehead atoms. The van der Waals surface area contributed by atoms with Gasteiger partial charge in [-0.2, -0.15) is 0 Å². The Labute approximate surface area is 231 Å². The lowest BCUT2D eigenvalue weighted by Crippen LogP contribution is -2.41. The van der Waals surface area contributed by atoms with Gasteiger partial charge in [-0.3, -0.25) is 9.59 Å². The summed E-state index contributed by atoms with van der Waals surface area (Å²) in [5.41, 5.74) is 4.67. The van der Waals surface area contributed by atoms with Crippen molar-refractivity contribution in [2.75, 3.05) is 23.7 Å². The molecule has 1 saturated heterocycles. The van der Waals surface area contributed by atoms with Gasteiger partial charge in [0.05, 0.1) is 5.75 Å². The van der Waals surface area contributed by atoms with Crippen LogP contribution < -0.4 is 10.6 Å². The van der Waals surface area contributed by atoms with Gasteiger partial charge in [0.2, 0.25) is 15.9 Å². The molecule has 2 amide bonds. The summed E-state index contributed by atoms with van der Waals surface area (Å²) in [6.07, 6.45) is 0.916. The second-order valence-electron chi connectivity index (χ2n) is 11.3. The van der Waals surface area contributed by atoms with Gasteiger partial charge in [0.1, 0.15) is 0 Å². The predicted octanol–water partition coefficient (Wildman–Crippen LogP) is 5.73. The van der Waals surface area contributed by atoms with Crippen molar-refractivity contribution in [3.8, 4) is 0 Å². The molecule has 1 fully saturated rings. The fourth-order valence-electron chi connectivity index (χ4n) is 4.74. The summed E-state index contributed by atoms with van der Waals surface area (Å²) in [5, 5.41) is 5.82. The number of aryl methyl sites for hydroxylation is 1. The van der Waals surface area contributed by atoms with Gasteiger partial charge in [-0.15, -0.1) is 0 Å². The quantitative estimate of drug-likeness (QED) is 0.395. The fraction of sp³-hybridized carbons (Fsp3) is 0.355.